The van der Waals surface area contributed by atoms with Gasteiger partial charge in [0.15, 0.2) is 11.6 Å². The number of benzene rings is 1. The van der Waals surface area contributed by atoms with Gasteiger partial charge in [-0.1, -0.05) is 26.2 Å². The first kappa shape index (κ1) is 30.1. The molecule has 0 saturated carbocycles. The van der Waals surface area contributed by atoms with Crippen molar-refractivity contribution < 1.29 is 47.5 Å². The van der Waals surface area contributed by atoms with Crippen LogP contribution >= 0.6 is 7.82 Å². The predicted molar refractivity (Wildman–Crippen MR) is 128 cm³/mol. The third-order valence-electron chi connectivity index (χ3n) is 5.11. The summed E-state index contributed by atoms with van der Waals surface area (Å²) in [5, 5.41) is 21.4. The molecular formula is C21H31N4O11P. The number of esters is 2. The van der Waals surface area contributed by atoms with Crippen LogP contribution < -0.4 is 5.32 Å². The van der Waals surface area contributed by atoms with E-state index in [-0.39, 0.29) is 36.2 Å². The first-order valence-corrected chi connectivity index (χ1v) is 13.3. The fraction of sp³-hybridized carbons (Fsp3) is 0.619. The highest BCUT2D eigenvalue weighted by atomic mass is 31.2. The molecule has 2 rings (SSSR count). The zero-order valence-electron chi connectivity index (χ0n) is 20.4. The first-order chi connectivity index (χ1) is 17.6. The van der Waals surface area contributed by atoms with Gasteiger partial charge >= 0.3 is 25.4 Å². The summed E-state index contributed by atoms with van der Waals surface area (Å²) in [6.07, 6.45) is 3.26. The number of non-ortho nitro benzene ring substituents is 1. The van der Waals surface area contributed by atoms with Crippen molar-refractivity contribution in [2.45, 2.75) is 64.4 Å². The van der Waals surface area contributed by atoms with Crippen LogP contribution in [0.25, 0.3) is 11.0 Å². The highest BCUT2D eigenvalue weighted by Gasteiger charge is 2.23. The SMILES string of the molecule is CCCCCC(=O)OC[C@H](COP(=O)(O)O)OC(=O)CCCCCNc1ccc([N+](=O)[O-])c2nonc12. The van der Waals surface area contributed by atoms with Crippen LogP contribution in [0.2, 0.25) is 0 Å². The quantitative estimate of drug-likeness (QED) is 0.0805. The number of phosphoric ester groups is 1. The van der Waals surface area contributed by atoms with E-state index in [2.05, 4.69) is 24.8 Å². The summed E-state index contributed by atoms with van der Waals surface area (Å²) in [5.41, 5.74) is 0.601. The summed E-state index contributed by atoms with van der Waals surface area (Å²) in [5.74, 6) is -1.12. The molecule has 0 radical (unpaired) electrons. The number of rotatable bonds is 18. The van der Waals surface area contributed by atoms with Gasteiger partial charge in [-0.2, -0.15) is 0 Å². The second-order valence-corrected chi connectivity index (χ2v) is 9.37. The predicted octanol–water partition coefficient (Wildman–Crippen LogP) is 3.25. The summed E-state index contributed by atoms with van der Waals surface area (Å²) in [6, 6.07) is 2.82. The second-order valence-electron chi connectivity index (χ2n) is 8.13. The number of phosphoric acid groups is 1. The molecule has 0 unspecified atom stereocenters. The van der Waals surface area contributed by atoms with Gasteiger partial charge in [0.2, 0.25) is 5.52 Å². The molecule has 16 heteroatoms. The minimum Gasteiger partial charge on any atom is -0.462 e. The third kappa shape index (κ3) is 11.2. The van der Waals surface area contributed by atoms with Crippen molar-refractivity contribution in [3.05, 3.63) is 22.2 Å². The van der Waals surface area contributed by atoms with Crippen LogP contribution in [0.4, 0.5) is 11.4 Å². The van der Waals surface area contributed by atoms with Crippen LogP contribution in [-0.2, 0) is 28.2 Å². The molecule has 1 aromatic carbocycles. The summed E-state index contributed by atoms with van der Waals surface area (Å²) in [4.78, 5) is 52.2. The van der Waals surface area contributed by atoms with Gasteiger partial charge in [-0.15, -0.1) is 0 Å². The fourth-order valence-electron chi connectivity index (χ4n) is 3.26. The number of ether oxygens (including phenoxy) is 2. The number of carbonyl (C=O) groups excluding carboxylic acids is 2. The summed E-state index contributed by atoms with van der Waals surface area (Å²) < 4.78 is 30.2. The minimum absolute atomic E-state index is 0.0336. The molecule has 206 valence electrons. The van der Waals surface area contributed by atoms with Crippen LogP contribution in [0.1, 0.15) is 58.3 Å². The second kappa shape index (κ2) is 15.2. The lowest BCUT2D eigenvalue weighted by molar-refractivity contribution is -0.383. The van der Waals surface area contributed by atoms with Crippen molar-refractivity contribution in [1.82, 2.24) is 10.3 Å². The summed E-state index contributed by atoms with van der Waals surface area (Å²) in [6.45, 7) is 1.48. The van der Waals surface area contributed by atoms with E-state index in [1.165, 1.54) is 12.1 Å². The Hall–Kier alpha value is -3.13. The third-order valence-corrected chi connectivity index (χ3v) is 5.59. The number of nitro benzene ring substituents is 1. The maximum absolute atomic E-state index is 12.2. The van der Waals surface area contributed by atoms with Gasteiger partial charge in [0.05, 0.1) is 17.2 Å². The average molecular weight is 546 g/mol. The number of hydrogen-bond acceptors (Lipinski definition) is 12. The Kier molecular flexibility index (Phi) is 12.4. The number of hydrogen-bond donors (Lipinski definition) is 3. The monoisotopic (exact) mass is 546 g/mol. The minimum atomic E-state index is -4.80. The molecule has 0 aliphatic rings. The molecule has 3 N–H and O–H groups in total. The number of unbranched alkanes of at least 4 members (excludes halogenated alkanes) is 4. The highest BCUT2D eigenvalue weighted by Crippen LogP contribution is 2.36. The van der Waals surface area contributed by atoms with E-state index in [1.54, 1.807) is 0 Å². The Morgan fingerprint density at radius 2 is 1.78 bits per heavy atom. The summed E-state index contributed by atoms with van der Waals surface area (Å²) >= 11 is 0. The Morgan fingerprint density at radius 1 is 1.08 bits per heavy atom. The van der Waals surface area contributed by atoms with E-state index >= 15 is 0 Å². The van der Waals surface area contributed by atoms with Crippen LogP contribution in [0.15, 0.2) is 16.8 Å². The Bertz CT molecular complexity index is 1090. The van der Waals surface area contributed by atoms with Gasteiger partial charge in [0, 0.05) is 25.5 Å². The lowest BCUT2D eigenvalue weighted by atomic mass is 10.2. The maximum atomic E-state index is 12.2. The van der Waals surface area contributed by atoms with Gasteiger partial charge in [-0.05, 0) is 35.6 Å². The number of aromatic nitrogens is 2. The lowest BCUT2D eigenvalue weighted by Crippen LogP contribution is -2.29. The number of anilines is 1. The van der Waals surface area contributed by atoms with Crippen LogP contribution in [0.3, 0.4) is 0 Å². The van der Waals surface area contributed by atoms with Crippen LogP contribution in [0.5, 0.6) is 0 Å². The van der Waals surface area contributed by atoms with Crippen LogP contribution in [-0.4, -0.2) is 62.8 Å². The van der Waals surface area contributed by atoms with Crippen molar-refractivity contribution in [2.75, 3.05) is 25.1 Å². The van der Waals surface area contributed by atoms with E-state index in [0.29, 0.717) is 37.9 Å². The van der Waals surface area contributed by atoms with Crippen molar-refractivity contribution in [3.63, 3.8) is 0 Å². The number of carbonyl (C=O) groups is 2. The summed E-state index contributed by atoms with van der Waals surface area (Å²) in [7, 11) is -4.80. The zero-order valence-corrected chi connectivity index (χ0v) is 21.3. The molecule has 0 saturated heterocycles. The molecule has 37 heavy (non-hydrogen) atoms. The molecule has 1 aromatic heterocycles. The first-order valence-electron chi connectivity index (χ1n) is 11.8. The van der Waals surface area contributed by atoms with E-state index in [1.807, 2.05) is 6.92 Å². The van der Waals surface area contributed by atoms with Crippen molar-refractivity contribution in [1.29, 1.82) is 0 Å². The Balaban J connectivity index is 1.73. The molecule has 0 fully saturated rings. The van der Waals surface area contributed by atoms with Crippen molar-refractivity contribution in [2.24, 2.45) is 0 Å². The van der Waals surface area contributed by atoms with Gasteiger partial charge in [-0.25, -0.2) is 9.19 Å². The fourth-order valence-corrected chi connectivity index (χ4v) is 3.62. The zero-order chi connectivity index (χ0) is 27.3. The topological polar surface area (TPSA) is 213 Å². The molecular weight excluding hydrogens is 515 g/mol. The Labute approximate surface area is 212 Å². The van der Waals surface area contributed by atoms with Crippen molar-refractivity contribution >= 4 is 42.2 Å². The van der Waals surface area contributed by atoms with E-state index < -0.39 is 37.4 Å². The van der Waals surface area contributed by atoms with Gasteiger partial charge in [-0.3, -0.25) is 24.2 Å². The van der Waals surface area contributed by atoms with Crippen LogP contribution in [0, 0.1) is 10.1 Å². The number of nitro groups is 1. The molecule has 0 spiro atoms. The van der Waals surface area contributed by atoms with E-state index in [0.717, 1.165) is 12.8 Å². The molecule has 0 aliphatic heterocycles. The highest BCUT2D eigenvalue weighted by molar-refractivity contribution is 7.46. The molecule has 0 aliphatic carbocycles. The standard InChI is InChI=1S/C21H31N4O11P/c1-2-3-5-8-18(26)33-13-15(14-34-37(30,31)32)35-19(27)9-6-4-7-12-22-16-10-11-17(25(28)29)21-20(16)23-36-24-21/h10-11,15,22H,2-9,12-14H2,1H3,(H2,30,31,32)/t15-/m1/s1. The van der Waals surface area contributed by atoms with E-state index in [4.69, 9.17) is 19.3 Å². The van der Waals surface area contributed by atoms with Gasteiger partial charge in [0.25, 0.3) is 0 Å². The average Bonchev–Trinajstić information content (AvgIpc) is 3.32. The smallest absolute Gasteiger partial charge is 0.462 e. The molecule has 1 atom stereocenters. The van der Waals surface area contributed by atoms with Gasteiger partial charge in [0.1, 0.15) is 6.61 Å². The lowest BCUT2D eigenvalue weighted by Gasteiger charge is -2.18. The molecule has 0 bridgehead atoms. The van der Waals surface area contributed by atoms with Gasteiger partial charge < -0.3 is 24.6 Å². The Morgan fingerprint density at radius 3 is 2.49 bits per heavy atom. The molecule has 2 aromatic rings. The van der Waals surface area contributed by atoms with E-state index in [9.17, 15) is 24.3 Å². The number of nitrogens with one attached hydrogen (secondary N) is 1. The largest absolute Gasteiger partial charge is 0.469 e. The number of fused-ring (bicyclic) bond motifs is 1. The molecule has 1 heterocycles. The molecule has 0 amide bonds. The van der Waals surface area contributed by atoms with Crippen molar-refractivity contribution in [3.8, 4) is 0 Å². The number of nitrogens with zero attached hydrogens (tertiary/aromatic N) is 3. The normalized spacial score (nSPS) is 12.3. The maximum Gasteiger partial charge on any atom is 0.469 e. The molecule has 15 nitrogen and oxygen atoms in total.